The number of fused-ring (bicyclic) bond motifs is 1. The zero-order valence-corrected chi connectivity index (χ0v) is 18.0. The van der Waals surface area contributed by atoms with Crippen LogP contribution >= 0.6 is 0 Å². The van der Waals surface area contributed by atoms with E-state index >= 15 is 0 Å². The largest absolute Gasteiger partial charge is 1.00 e. The highest BCUT2D eigenvalue weighted by Gasteiger charge is 2.33. The highest BCUT2D eigenvalue weighted by atomic mass is 35.5. The topological polar surface area (TPSA) is 22.9 Å². The highest BCUT2D eigenvalue weighted by Crippen LogP contribution is 2.46. The zero-order valence-electron chi connectivity index (χ0n) is 17.3. The summed E-state index contributed by atoms with van der Waals surface area (Å²) in [7, 11) is 5.91. The molecule has 1 aliphatic heterocycles. The molecular weight excluding hydrogens is 401 g/mol. The summed E-state index contributed by atoms with van der Waals surface area (Å²) >= 11 is 0. The van der Waals surface area contributed by atoms with Crippen LogP contribution in [0.15, 0.2) is 78.4 Å². The normalized spacial score (nSPS) is 15.3. The lowest BCUT2D eigenvalue weighted by Crippen LogP contribution is -3.06. The van der Waals surface area contributed by atoms with Crippen LogP contribution in [0, 0.1) is 5.82 Å². The van der Waals surface area contributed by atoms with Crippen molar-refractivity contribution in [2.75, 3.05) is 27.7 Å². The number of ether oxygens (including phenoxy) is 2. The molecule has 0 spiro atoms. The number of likely N-dealkylation sites (N-methyl/N-ethyl adjacent to an activating group) is 1. The first-order valence-corrected chi connectivity index (χ1v) is 9.76. The quantitative estimate of drug-likeness (QED) is 0.657. The SMILES string of the molecule is COc1ccccc1C1=C(C[NH+](C)C)C(c2ccc(F)cc2)c2ccccc2O1.[Cl-]. The van der Waals surface area contributed by atoms with Gasteiger partial charge in [-0.3, -0.25) is 0 Å². The van der Waals surface area contributed by atoms with Gasteiger partial charge in [-0.25, -0.2) is 4.39 Å². The van der Waals surface area contributed by atoms with Crippen molar-refractivity contribution in [2.45, 2.75) is 5.92 Å². The Morgan fingerprint density at radius 1 is 0.933 bits per heavy atom. The summed E-state index contributed by atoms with van der Waals surface area (Å²) in [6.07, 6.45) is 0. The maximum absolute atomic E-state index is 13.6. The first kappa shape index (κ1) is 21.9. The summed E-state index contributed by atoms with van der Waals surface area (Å²) in [4.78, 5) is 1.28. The first-order valence-electron chi connectivity index (χ1n) is 9.76. The minimum atomic E-state index is -0.234. The van der Waals surface area contributed by atoms with Gasteiger partial charge in [0.05, 0.1) is 26.8 Å². The minimum Gasteiger partial charge on any atom is -1.00 e. The second kappa shape index (κ2) is 9.33. The fraction of sp³-hybridized carbons (Fsp3) is 0.200. The predicted octanol–water partition coefficient (Wildman–Crippen LogP) is 0.918. The van der Waals surface area contributed by atoms with Crippen LogP contribution < -0.4 is 26.8 Å². The number of hydrogen-bond acceptors (Lipinski definition) is 2. The Labute approximate surface area is 183 Å². The van der Waals surface area contributed by atoms with Crippen molar-refractivity contribution in [3.63, 3.8) is 0 Å². The number of nitrogens with one attached hydrogen (secondary N) is 1. The molecule has 0 saturated carbocycles. The molecule has 0 aliphatic carbocycles. The molecule has 0 fully saturated rings. The van der Waals surface area contributed by atoms with E-state index in [1.54, 1.807) is 7.11 Å². The molecule has 0 saturated heterocycles. The average molecular weight is 426 g/mol. The standard InChI is InChI=1S/C25H24FNO2.ClH/c1-27(2)16-21-24(17-12-14-18(26)15-13-17)19-8-4-7-11-23(19)29-25(21)20-9-5-6-10-22(20)28-3;/h4-15,24H,16H2,1-3H3;1H. The molecule has 0 aromatic heterocycles. The highest BCUT2D eigenvalue weighted by molar-refractivity contribution is 5.75. The first-order chi connectivity index (χ1) is 14.1. The number of rotatable bonds is 5. The van der Waals surface area contributed by atoms with Gasteiger partial charge in [0.1, 0.15) is 29.6 Å². The minimum absolute atomic E-state index is 0. The van der Waals surface area contributed by atoms with Crippen molar-refractivity contribution in [3.8, 4) is 11.5 Å². The molecule has 3 aromatic carbocycles. The third-order valence-electron chi connectivity index (χ3n) is 5.18. The van der Waals surface area contributed by atoms with Crippen LogP contribution in [-0.4, -0.2) is 27.7 Å². The number of benzene rings is 3. The van der Waals surface area contributed by atoms with Crippen LogP contribution in [0.1, 0.15) is 22.6 Å². The second-order valence-electron chi connectivity index (χ2n) is 7.56. The zero-order chi connectivity index (χ0) is 20.4. The number of halogens is 2. The maximum atomic E-state index is 13.6. The molecule has 4 rings (SSSR count). The molecule has 5 heteroatoms. The lowest BCUT2D eigenvalue weighted by molar-refractivity contribution is -0.853. The van der Waals surface area contributed by atoms with Crippen molar-refractivity contribution in [1.82, 2.24) is 0 Å². The van der Waals surface area contributed by atoms with E-state index in [4.69, 9.17) is 9.47 Å². The summed E-state index contributed by atoms with van der Waals surface area (Å²) in [5, 5.41) is 0. The monoisotopic (exact) mass is 425 g/mol. The molecular formula is C25H25ClFNO2. The van der Waals surface area contributed by atoms with E-state index < -0.39 is 0 Å². The summed E-state index contributed by atoms with van der Waals surface area (Å²) < 4.78 is 25.7. The van der Waals surface area contributed by atoms with Gasteiger partial charge >= 0.3 is 0 Å². The molecule has 1 N–H and O–H groups in total. The van der Waals surface area contributed by atoms with Gasteiger partial charge in [-0.1, -0.05) is 42.5 Å². The van der Waals surface area contributed by atoms with Gasteiger partial charge in [-0.15, -0.1) is 0 Å². The van der Waals surface area contributed by atoms with E-state index in [1.165, 1.54) is 17.0 Å². The van der Waals surface area contributed by atoms with E-state index in [2.05, 4.69) is 20.2 Å². The van der Waals surface area contributed by atoms with E-state index in [0.717, 1.165) is 46.1 Å². The van der Waals surface area contributed by atoms with Gasteiger partial charge in [-0.2, -0.15) is 0 Å². The Balaban J connectivity index is 0.00000256. The Morgan fingerprint density at radius 2 is 1.60 bits per heavy atom. The van der Waals surface area contributed by atoms with E-state index in [9.17, 15) is 4.39 Å². The number of para-hydroxylation sites is 2. The van der Waals surface area contributed by atoms with Crippen molar-refractivity contribution in [1.29, 1.82) is 0 Å². The van der Waals surface area contributed by atoms with Gasteiger partial charge in [0, 0.05) is 17.1 Å². The fourth-order valence-corrected chi connectivity index (χ4v) is 3.97. The molecule has 1 unspecified atom stereocenters. The molecule has 3 nitrogen and oxygen atoms in total. The van der Waals surface area contributed by atoms with E-state index in [-0.39, 0.29) is 24.1 Å². The lowest BCUT2D eigenvalue weighted by atomic mass is 9.81. The number of methoxy groups -OCH3 is 1. The molecule has 1 aliphatic rings. The summed E-state index contributed by atoms with van der Waals surface area (Å²) in [6, 6.07) is 22.8. The molecule has 3 aromatic rings. The molecule has 1 heterocycles. The second-order valence-corrected chi connectivity index (χ2v) is 7.56. The van der Waals surface area contributed by atoms with Gasteiger partial charge in [0.2, 0.25) is 0 Å². The fourth-order valence-electron chi connectivity index (χ4n) is 3.97. The third kappa shape index (κ3) is 4.20. The van der Waals surface area contributed by atoms with Crippen molar-refractivity contribution in [3.05, 3.63) is 101 Å². The number of quaternary nitrogens is 1. The average Bonchev–Trinajstić information content (AvgIpc) is 2.73. The van der Waals surface area contributed by atoms with Crippen LogP contribution in [-0.2, 0) is 0 Å². The molecule has 30 heavy (non-hydrogen) atoms. The van der Waals surface area contributed by atoms with Crippen LogP contribution in [0.25, 0.3) is 5.76 Å². The molecule has 0 radical (unpaired) electrons. The van der Waals surface area contributed by atoms with Crippen LogP contribution in [0.5, 0.6) is 11.5 Å². The van der Waals surface area contributed by atoms with E-state index in [0.29, 0.717) is 0 Å². The van der Waals surface area contributed by atoms with Gasteiger partial charge in [-0.05, 0) is 35.9 Å². The van der Waals surface area contributed by atoms with Crippen molar-refractivity contribution >= 4 is 5.76 Å². The Morgan fingerprint density at radius 3 is 2.30 bits per heavy atom. The van der Waals surface area contributed by atoms with Crippen molar-refractivity contribution in [2.24, 2.45) is 0 Å². The molecule has 1 atom stereocenters. The van der Waals surface area contributed by atoms with Crippen LogP contribution in [0.2, 0.25) is 0 Å². The summed E-state index contributed by atoms with van der Waals surface area (Å²) in [6.45, 7) is 0.782. The Hall–Kier alpha value is -2.82. The molecule has 0 amide bonds. The van der Waals surface area contributed by atoms with Crippen LogP contribution in [0.3, 0.4) is 0 Å². The Kier molecular flexibility index (Phi) is 6.80. The Bertz CT molecular complexity index is 1050. The molecule has 0 bridgehead atoms. The van der Waals surface area contributed by atoms with Gasteiger partial charge in [0.25, 0.3) is 0 Å². The molecule has 156 valence electrons. The predicted molar refractivity (Wildman–Crippen MR) is 113 cm³/mol. The number of hydrogen-bond donors (Lipinski definition) is 1. The third-order valence-corrected chi connectivity index (χ3v) is 5.18. The maximum Gasteiger partial charge on any atom is 0.144 e. The summed E-state index contributed by atoms with van der Waals surface area (Å²) in [5.41, 5.74) is 4.22. The van der Waals surface area contributed by atoms with Crippen molar-refractivity contribution < 1.29 is 31.2 Å². The van der Waals surface area contributed by atoms with E-state index in [1.807, 2.05) is 54.6 Å². The lowest BCUT2D eigenvalue weighted by Gasteiger charge is -2.32. The van der Waals surface area contributed by atoms with Gasteiger partial charge in [0.15, 0.2) is 0 Å². The smallest absolute Gasteiger partial charge is 0.144 e. The van der Waals surface area contributed by atoms with Crippen LogP contribution in [0.4, 0.5) is 4.39 Å². The summed E-state index contributed by atoms with van der Waals surface area (Å²) in [5.74, 6) is 2.15. The van der Waals surface area contributed by atoms with Gasteiger partial charge < -0.3 is 26.8 Å².